The minimum atomic E-state index is -0.0949. The summed E-state index contributed by atoms with van der Waals surface area (Å²) >= 11 is 0. The molecule has 0 N–H and O–H groups in total. The van der Waals surface area contributed by atoms with Crippen molar-refractivity contribution in [1.82, 2.24) is 4.90 Å². The molecule has 0 saturated carbocycles. The van der Waals surface area contributed by atoms with E-state index in [4.69, 9.17) is 0 Å². The predicted octanol–water partition coefficient (Wildman–Crippen LogP) is 4.55. The molecule has 0 fully saturated rings. The number of hydrogen-bond donors (Lipinski definition) is 0. The molecule has 3 aromatic carbocycles. The van der Waals surface area contributed by atoms with E-state index < -0.39 is 0 Å². The summed E-state index contributed by atoms with van der Waals surface area (Å²) in [5, 5.41) is 0. The molecule has 1 aliphatic rings. The first-order valence-corrected chi connectivity index (χ1v) is 9.93. The van der Waals surface area contributed by atoms with E-state index in [2.05, 4.69) is 6.07 Å². The lowest BCUT2D eigenvalue weighted by molar-refractivity contribution is 0.0785. The van der Waals surface area contributed by atoms with Crippen molar-refractivity contribution in [3.63, 3.8) is 0 Å². The maximum Gasteiger partial charge on any atom is 0.258 e. The summed E-state index contributed by atoms with van der Waals surface area (Å²) < 4.78 is 0. The first-order valence-electron chi connectivity index (χ1n) is 9.93. The van der Waals surface area contributed by atoms with Crippen LogP contribution in [0.3, 0.4) is 0 Å². The number of nitrogens with zero attached hydrogens (tertiary/aromatic N) is 2. The highest BCUT2D eigenvalue weighted by Gasteiger charge is 2.24. The second-order valence-corrected chi connectivity index (χ2v) is 7.42. The molecule has 2 amide bonds. The zero-order chi connectivity index (χ0) is 20.2. The van der Waals surface area contributed by atoms with E-state index in [1.54, 1.807) is 36.2 Å². The van der Waals surface area contributed by atoms with Crippen molar-refractivity contribution < 1.29 is 9.59 Å². The molecular weight excluding hydrogens is 360 g/mol. The molecule has 4 heteroatoms. The summed E-state index contributed by atoms with van der Waals surface area (Å²) in [6.45, 7) is 1.22. The smallest absolute Gasteiger partial charge is 0.258 e. The van der Waals surface area contributed by atoms with Crippen LogP contribution in [-0.4, -0.2) is 30.3 Å². The van der Waals surface area contributed by atoms with Gasteiger partial charge in [-0.15, -0.1) is 0 Å². The van der Waals surface area contributed by atoms with E-state index in [0.717, 1.165) is 24.1 Å². The second kappa shape index (κ2) is 8.31. The van der Waals surface area contributed by atoms with Crippen LogP contribution in [0.15, 0.2) is 78.9 Å². The maximum absolute atomic E-state index is 13.2. The third kappa shape index (κ3) is 4.06. The van der Waals surface area contributed by atoms with Gasteiger partial charge in [0.1, 0.15) is 0 Å². The number of carbonyl (C=O) groups excluding carboxylic acids is 2. The summed E-state index contributed by atoms with van der Waals surface area (Å²) in [5.74, 6) is -0.153. The maximum atomic E-state index is 13.2. The number of amides is 2. The van der Waals surface area contributed by atoms with E-state index in [9.17, 15) is 9.59 Å². The Kier molecular flexibility index (Phi) is 5.43. The van der Waals surface area contributed by atoms with Crippen LogP contribution in [0.1, 0.15) is 38.3 Å². The largest absolute Gasteiger partial charge is 0.337 e. The lowest BCUT2D eigenvalue weighted by Crippen LogP contribution is -2.35. The Morgan fingerprint density at radius 2 is 1.62 bits per heavy atom. The quantitative estimate of drug-likeness (QED) is 0.662. The highest BCUT2D eigenvalue weighted by molar-refractivity contribution is 6.08. The van der Waals surface area contributed by atoms with E-state index in [1.165, 1.54) is 5.56 Å². The van der Waals surface area contributed by atoms with E-state index in [0.29, 0.717) is 24.2 Å². The van der Waals surface area contributed by atoms with Crippen LogP contribution in [0.4, 0.5) is 5.69 Å². The van der Waals surface area contributed by atoms with Crippen molar-refractivity contribution in [2.75, 3.05) is 18.5 Å². The minimum absolute atomic E-state index is 0.0579. The van der Waals surface area contributed by atoms with Crippen molar-refractivity contribution in [1.29, 1.82) is 0 Å². The molecule has 0 bridgehead atoms. The lowest BCUT2D eigenvalue weighted by Gasteiger charge is -2.29. The Balaban J connectivity index is 1.54. The molecule has 4 nitrogen and oxygen atoms in total. The van der Waals surface area contributed by atoms with Gasteiger partial charge in [0.05, 0.1) is 0 Å². The Bertz CT molecular complexity index is 1030. The zero-order valence-electron chi connectivity index (χ0n) is 16.5. The van der Waals surface area contributed by atoms with Crippen LogP contribution >= 0.6 is 0 Å². The number of benzene rings is 3. The normalized spacial score (nSPS) is 12.9. The van der Waals surface area contributed by atoms with Crippen molar-refractivity contribution in [2.24, 2.45) is 0 Å². The van der Waals surface area contributed by atoms with Crippen molar-refractivity contribution in [3.05, 3.63) is 101 Å². The van der Waals surface area contributed by atoms with E-state index in [-0.39, 0.29) is 11.8 Å². The van der Waals surface area contributed by atoms with Gasteiger partial charge in [-0.05, 0) is 48.2 Å². The molecule has 1 heterocycles. The van der Waals surface area contributed by atoms with Gasteiger partial charge in [0.25, 0.3) is 11.8 Å². The van der Waals surface area contributed by atoms with Crippen molar-refractivity contribution in [2.45, 2.75) is 19.4 Å². The van der Waals surface area contributed by atoms with Gasteiger partial charge in [-0.25, -0.2) is 0 Å². The summed E-state index contributed by atoms with van der Waals surface area (Å²) in [7, 11) is 1.78. The van der Waals surface area contributed by atoms with Crippen molar-refractivity contribution >= 4 is 17.5 Å². The number of aryl methyl sites for hydroxylation is 1. The standard InChI is InChI=1S/C25H24N2O2/c1-26(18-19-9-3-2-4-10-19)24(28)21-12-7-13-22(17-21)25(29)27-16-8-14-20-11-5-6-15-23(20)27/h2-7,9-13,15,17H,8,14,16,18H2,1H3. The second-order valence-electron chi connectivity index (χ2n) is 7.42. The van der Waals surface area contributed by atoms with Crippen LogP contribution in [-0.2, 0) is 13.0 Å². The summed E-state index contributed by atoms with van der Waals surface area (Å²) in [5.41, 5.74) is 4.31. The number of anilines is 1. The SMILES string of the molecule is CN(Cc1ccccc1)C(=O)c1cccc(C(=O)N2CCCc3ccccc32)c1. The average Bonchev–Trinajstić information content (AvgIpc) is 2.78. The molecule has 0 saturated heterocycles. The molecule has 0 radical (unpaired) electrons. The average molecular weight is 384 g/mol. The topological polar surface area (TPSA) is 40.6 Å². The summed E-state index contributed by atoms with van der Waals surface area (Å²) in [6, 6.07) is 25.0. The van der Waals surface area contributed by atoms with Crippen LogP contribution < -0.4 is 4.90 Å². The van der Waals surface area contributed by atoms with Gasteiger partial charge in [-0.3, -0.25) is 9.59 Å². The molecule has 29 heavy (non-hydrogen) atoms. The van der Waals surface area contributed by atoms with Crippen LogP contribution in [0.25, 0.3) is 0 Å². The highest BCUT2D eigenvalue weighted by atomic mass is 16.2. The van der Waals surface area contributed by atoms with E-state index >= 15 is 0 Å². The number of rotatable bonds is 4. The molecule has 1 aliphatic heterocycles. The lowest BCUT2D eigenvalue weighted by atomic mass is 10.0. The number of fused-ring (bicyclic) bond motifs is 1. The molecule has 0 aromatic heterocycles. The molecule has 0 unspecified atom stereocenters. The fourth-order valence-corrected chi connectivity index (χ4v) is 3.84. The Morgan fingerprint density at radius 3 is 2.45 bits per heavy atom. The summed E-state index contributed by atoms with van der Waals surface area (Å²) in [4.78, 5) is 29.6. The molecule has 3 aromatic rings. The predicted molar refractivity (Wildman–Crippen MR) is 115 cm³/mol. The van der Waals surface area contributed by atoms with Gasteiger partial charge in [-0.1, -0.05) is 54.6 Å². The van der Waals surface area contributed by atoms with Crippen molar-refractivity contribution in [3.8, 4) is 0 Å². The minimum Gasteiger partial charge on any atom is -0.337 e. The third-order valence-corrected chi connectivity index (χ3v) is 5.32. The third-order valence-electron chi connectivity index (χ3n) is 5.32. The Hall–Kier alpha value is -3.40. The fraction of sp³-hybridized carbons (Fsp3) is 0.200. The van der Waals surface area contributed by atoms with Crippen LogP contribution in [0.2, 0.25) is 0 Å². The molecule has 0 spiro atoms. The number of carbonyl (C=O) groups is 2. The van der Waals surface area contributed by atoms with Gasteiger partial charge in [0.2, 0.25) is 0 Å². The Morgan fingerprint density at radius 1 is 0.897 bits per heavy atom. The van der Waals surface area contributed by atoms with Gasteiger partial charge in [0.15, 0.2) is 0 Å². The number of hydrogen-bond acceptors (Lipinski definition) is 2. The van der Waals surface area contributed by atoms with Gasteiger partial charge < -0.3 is 9.80 Å². The molecule has 0 atom stereocenters. The first-order chi connectivity index (χ1) is 14.1. The summed E-state index contributed by atoms with van der Waals surface area (Å²) in [6.07, 6.45) is 1.93. The number of para-hydroxylation sites is 1. The van der Waals surface area contributed by atoms with Gasteiger partial charge in [0, 0.05) is 37.0 Å². The molecule has 4 rings (SSSR count). The first kappa shape index (κ1) is 18.9. The Labute approximate surface area is 171 Å². The van der Waals surface area contributed by atoms with Gasteiger partial charge in [-0.2, -0.15) is 0 Å². The molecular formula is C25H24N2O2. The fourth-order valence-electron chi connectivity index (χ4n) is 3.84. The van der Waals surface area contributed by atoms with Crippen LogP contribution in [0, 0.1) is 0 Å². The van der Waals surface area contributed by atoms with E-state index in [1.807, 2.05) is 53.4 Å². The van der Waals surface area contributed by atoms with Crippen LogP contribution in [0.5, 0.6) is 0 Å². The zero-order valence-corrected chi connectivity index (χ0v) is 16.5. The molecule has 0 aliphatic carbocycles. The highest BCUT2D eigenvalue weighted by Crippen LogP contribution is 2.28. The molecule has 146 valence electrons. The monoisotopic (exact) mass is 384 g/mol. The van der Waals surface area contributed by atoms with Gasteiger partial charge >= 0.3 is 0 Å².